The highest BCUT2D eigenvalue weighted by Crippen LogP contribution is 2.35. The SMILES string of the molecule is COc1c(Cl)cc(Cl)cc1NCC=O. The fourth-order valence-corrected chi connectivity index (χ4v) is 1.62. The number of carbonyl (C=O) groups is 1. The Balaban J connectivity index is 3.04. The predicted octanol–water partition coefficient (Wildman–Crippen LogP) is 2.61. The molecule has 0 aliphatic heterocycles. The first-order chi connectivity index (χ1) is 6.69. The van der Waals surface area contributed by atoms with Gasteiger partial charge in [-0.3, -0.25) is 0 Å². The van der Waals surface area contributed by atoms with Crippen molar-refractivity contribution >= 4 is 35.2 Å². The highest BCUT2D eigenvalue weighted by molar-refractivity contribution is 6.36. The van der Waals surface area contributed by atoms with Gasteiger partial charge in [0.2, 0.25) is 0 Å². The van der Waals surface area contributed by atoms with Crippen LogP contribution in [0.1, 0.15) is 0 Å². The van der Waals surface area contributed by atoms with Crippen molar-refractivity contribution < 1.29 is 9.53 Å². The van der Waals surface area contributed by atoms with Gasteiger partial charge in [-0.2, -0.15) is 0 Å². The Morgan fingerprint density at radius 2 is 2.21 bits per heavy atom. The lowest BCUT2D eigenvalue weighted by molar-refractivity contribution is -0.106. The van der Waals surface area contributed by atoms with Crippen molar-refractivity contribution in [1.82, 2.24) is 0 Å². The molecular formula is C9H9Cl2NO2. The Morgan fingerprint density at radius 1 is 1.50 bits per heavy atom. The van der Waals surface area contributed by atoms with E-state index in [0.717, 1.165) is 6.29 Å². The summed E-state index contributed by atoms with van der Waals surface area (Å²) in [6, 6.07) is 3.23. The number of carbonyl (C=O) groups excluding carboxylic acids is 1. The van der Waals surface area contributed by atoms with Crippen molar-refractivity contribution in [2.45, 2.75) is 0 Å². The van der Waals surface area contributed by atoms with Gasteiger partial charge in [-0.25, -0.2) is 0 Å². The average Bonchev–Trinajstić information content (AvgIpc) is 2.14. The minimum Gasteiger partial charge on any atom is -0.493 e. The smallest absolute Gasteiger partial charge is 0.160 e. The van der Waals surface area contributed by atoms with E-state index in [1.165, 1.54) is 7.11 Å². The molecule has 0 unspecified atom stereocenters. The minimum absolute atomic E-state index is 0.188. The van der Waals surface area contributed by atoms with Gasteiger partial charge in [-0.15, -0.1) is 0 Å². The van der Waals surface area contributed by atoms with Crippen LogP contribution in [0.15, 0.2) is 12.1 Å². The molecule has 0 aliphatic rings. The summed E-state index contributed by atoms with van der Waals surface area (Å²) in [7, 11) is 1.50. The van der Waals surface area contributed by atoms with Crippen molar-refractivity contribution in [2.24, 2.45) is 0 Å². The van der Waals surface area contributed by atoms with E-state index < -0.39 is 0 Å². The van der Waals surface area contributed by atoms with Gasteiger partial charge in [0.25, 0.3) is 0 Å². The Bertz CT molecular complexity index is 342. The maximum Gasteiger partial charge on any atom is 0.160 e. The molecule has 76 valence electrons. The number of nitrogens with one attached hydrogen (secondary N) is 1. The van der Waals surface area contributed by atoms with Crippen LogP contribution in [-0.2, 0) is 4.79 Å². The van der Waals surface area contributed by atoms with Crippen molar-refractivity contribution in [3.05, 3.63) is 22.2 Å². The van der Waals surface area contributed by atoms with Crippen LogP contribution in [-0.4, -0.2) is 19.9 Å². The number of aldehydes is 1. The molecule has 0 fully saturated rings. The molecule has 5 heteroatoms. The van der Waals surface area contributed by atoms with E-state index in [4.69, 9.17) is 27.9 Å². The summed E-state index contributed by atoms with van der Waals surface area (Å²) < 4.78 is 5.06. The Hall–Kier alpha value is -0.930. The summed E-state index contributed by atoms with van der Waals surface area (Å²) in [5.41, 5.74) is 0.608. The molecular weight excluding hydrogens is 225 g/mol. The lowest BCUT2D eigenvalue weighted by atomic mass is 10.3. The lowest BCUT2D eigenvalue weighted by Gasteiger charge is -2.11. The van der Waals surface area contributed by atoms with E-state index in [2.05, 4.69) is 5.32 Å². The second kappa shape index (κ2) is 5.08. The van der Waals surface area contributed by atoms with E-state index in [9.17, 15) is 4.79 Å². The number of hydrogen-bond donors (Lipinski definition) is 1. The topological polar surface area (TPSA) is 38.3 Å². The number of anilines is 1. The molecule has 0 bridgehead atoms. The summed E-state index contributed by atoms with van der Waals surface area (Å²) in [5, 5.41) is 3.73. The summed E-state index contributed by atoms with van der Waals surface area (Å²) in [6.07, 6.45) is 0.744. The van der Waals surface area contributed by atoms with Gasteiger partial charge in [0.1, 0.15) is 6.29 Å². The van der Waals surface area contributed by atoms with Crippen molar-refractivity contribution in [2.75, 3.05) is 19.0 Å². The van der Waals surface area contributed by atoms with Gasteiger partial charge in [0.15, 0.2) is 5.75 Å². The highest BCUT2D eigenvalue weighted by Gasteiger charge is 2.08. The van der Waals surface area contributed by atoms with Crippen LogP contribution in [0.25, 0.3) is 0 Å². The molecule has 0 heterocycles. The molecule has 0 atom stereocenters. The summed E-state index contributed by atoms with van der Waals surface area (Å²) in [5.74, 6) is 0.484. The zero-order valence-electron chi connectivity index (χ0n) is 7.51. The predicted molar refractivity (Wildman–Crippen MR) is 57.6 cm³/mol. The van der Waals surface area contributed by atoms with E-state index in [1.807, 2.05) is 0 Å². The van der Waals surface area contributed by atoms with Crippen LogP contribution in [0.5, 0.6) is 5.75 Å². The molecule has 0 radical (unpaired) electrons. The molecule has 1 rings (SSSR count). The molecule has 0 spiro atoms. The van der Waals surface area contributed by atoms with Crippen LogP contribution < -0.4 is 10.1 Å². The third-order valence-electron chi connectivity index (χ3n) is 1.59. The van der Waals surface area contributed by atoms with Gasteiger partial charge in [0, 0.05) is 5.02 Å². The van der Waals surface area contributed by atoms with E-state index in [-0.39, 0.29) is 6.54 Å². The molecule has 0 saturated heterocycles. The first-order valence-corrected chi connectivity index (χ1v) is 4.65. The summed E-state index contributed by atoms with van der Waals surface area (Å²) >= 11 is 11.7. The van der Waals surface area contributed by atoms with Gasteiger partial charge < -0.3 is 14.8 Å². The van der Waals surface area contributed by atoms with Crippen molar-refractivity contribution in [3.63, 3.8) is 0 Å². The Kier molecular flexibility index (Phi) is 4.04. The lowest BCUT2D eigenvalue weighted by Crippen LogP contribution is -2.04. The van der Waals surface area contributed by atoms with Crippen LogP contribution >= 0.6 is 23.2 Å². The third kappa shape index (κ3) is 2.53. The average molecular weight is 234 g/mol. The zero-order valence-corrected chi connectivity index (χ0v) is 9.02. The van der Waals surface area contributed by atoms with Gasteiger partial charge in [-0.05, 0) is 12.1 Å². The maximum absolute atomic E-state index is 10.2. The second-order valence-corrected chi connectivity index (χ2v) is 3.36. The first-order valence-electron chi connectivity index (χ1n) is 3.89. The van der Waals surface area contributed by atoms with Crippen molar-refractivity contribution in [3.8, 4) is 5.75 Å². The molecule has 1 aromatic carbocycles. The number of methoxy groups -OCH3 is 1. The number of benzene rings is 1. The quantitative estimate of drug-likeness (QED) is 0.813. The van der Waals surface area contributed by atoms with Crippen LogP contribution in [0, 0.1) is 0 Å². The van der Waals surface area contributed by atoms with E-state index in [1.54, 1.807) is 12.1 Å². The number of halogens is 2. The molecule has 0 aliphatic carbocycles. The Morgan fingerprint density at radius 3 is 2.79 bits per heavy atom. The molecule has 0 aromatic heterocycles. The van der Waals surface area contributed by atoms with Crippen molar-refractivity contribution in [1.29, 1.82) is 0 Å². The summed E-state index contributed by atoms with van der Waals surface area (Å²) in [6.45, 7) is 0.188. The van der Waals surface area contributed by atoms with Crippen LogP contribution in [0.4, 0.5) is 5.69 Å². The molecule has 0 amide bonds. The fourth-order valence-electron chi connectivity index (χ4n) is 1.05. The van der Waals surface area contributed by atoms with Crippen LogP contribution in [0.3, 0.4) is 0 Å². The number of rotatable bonds is 4. The van der Waals surface area contributed by atoms with Gasteiger partial charge >= 0.3 is 0 Å². The Labute approximate surface area is 92.0 Å². The monoisotopic (exact) mass is 233 g/mol. The molecule has 0 saturated carbocycles. The maximum atomic E-state index is 10.2. The van der Waals surface area contributed by atoms with Gasteiger partial charge in [-0.1, -0.05) is 23.2 Å². The second-order valence-electron chi connectivity index (χ2n) is 2.52. The molecule has 1 N–H and O–H groups in total. The standard InChI is InChI=1S/C9H9Cl2NO2/c1-14-9-7(11)4-6(10)5-8(9)12-2-3-13/h3-5,12H,2H2,1H3. The first kappa shape index (κ1) is 11.1. The summed E-state index contributed by atoms with van der Waals surface area (Å²) in [4.78, 5) is 10.2. The largest absolute Gasteiger partial charge is 0.493 e. The normalized spacial score (nSPS) is 9.64. The molecule has 1 aromatic rings. The molecule has 14 heavy (non-hydrogen) atoms. The van der Waals surface area contributed by atoms with Crippen LogP contribution in [0.2, 0.25) is 10.0 Å². The van der Waals surface area contributed by atoms with E-state index >= 15 is 0 Å². The number of hydrogen-bond acceptors (Lipinski definition) is 3. The fraction of sp³-hybridized carbons (Fsp3) is 0.222. The third-order valence-corrected chi connectivity index (χ3v) is 2.09. The number of ether oxygens (including phenoxy) is 1. The van der Waals surface area contributed by atoms with E-state index in [0.29, 0.717) is 21.5 Å². The zero-order chi connectivity index (χ0) is 10.6. The minimum atomic E-state index is 0.188. The van der Waals surface area contributed by atoms with Gasteiger partial charge in [0.05, 0.1) is 24.4 Å². The highest BCUT2D eigenvalue weighted by atomic mass is 35.5. The molecule has 3 nitrogen and oxygen atoms in total.